The molecule has 0 aromatic carbocycles. The number of nitrogens with two attached hydrogens (primary N) is 1. The van der Waals surface area contributed by atoms with E-state index in [1.165, 1.54) is 18.8 Å². The minimum Gasteiger partial charge on any atom is -0.394 e. The van der Waals surface area contributed by atoms with Crippen molar-refractivity contribution in [3.8, 4) is 0 Å². The molecule has 0 amide bonds. The number of aliphatic hydroxyl groups is 1. The van der Waals surface area contributed by atoms with Gasteiger partial charge < -0.3 is 25.1 Å². The first-order chi connectivity index (χ1) is 9.53. The zero-order valence-corrected chi connectivity index (χ0v) is 11.6. The summed E-state index contributed by atoms with van der Waals surface area (Å²) >= 11 is 0. The highest BCUT2D eigenvalue weighted by atomic mass is 16.6. The summed E-state index contributed by atoms with van der Waals surface area (Å²) in [6.45, 7) is 1.51. The fourth-order valence-corrected chi connectivity index (χ4v) is 2.38. The van der Waals surface area contributed by atoms with Crippen LogP contribution in [0.4, 0.5) is 5.82 Å². The van der Waals surface area contributed by atoms with Crippen molar-refractivity contribution < 1.29 is 19.3 Å². The van der Waals surface area contributed by atoms with E-state index < -0.39 is 30.2 Å². The third-order valence-electron chi connectivity index (χ3n) is 3.46. The SMILES string of the molecule is COC1C(CO)OC(n2cc(C)c(N)nc2=O)C1OC. The second-order valence-electron chi connectivity index (χ2n) is 4.65. The number of hydrogen-bond acceptors (Lipinski definition) is 7. The van der Waals surface area contributed by atoms with E-state index in [4.69, 9.17) is 19.9 Å². The summed E-state index contributed by atoms with van der Waals surface area (Å²) in [5.41, 5.74) is 5.72. The van der Waals surface area contributed by atoms with Crippen molar-refractivity contribution in [1.82, 2.24) is 9.55 Å². The maximum absolute atomic E-state index is 12.0. The van der Waals surface area contributed by atoms with E-state index in [0.29, 0.717) is 5.56 Å². The van der Waals surface area contributed by atoms with Gasteiger partial charge >= 0.3 is 5.69 Å². The normalized spacial score (nSPS) is 29.8. The zero-order chi connectivity index (χ0) is 14.9. The third kappa shape index (κ3) is 2.42. The standard InChI is InChI=1S/C12H19N3O5/c1-6-4-15(12(17)14-10(6)13)11-9(19-3)8(18-2)7(5-16)20-11/h4,7-9,11,16H,5H2,1-3H3,(H2,13,14,17). The Balaban J connectivity index is 2.41. The molecule has 1 aromatic heterocycles. The molecule has 1 aromatic rings. The van der Waals surface area contributed by atoms with Crippen molar-refractivity contribution in [3.63, 3.8) is 0 Å². The van der Waals surface area contributed by atoms with Gasteiger partial charge in [-0.2, -0.15) is 4.98 Å². The first-order valence-corrected chi connectivity index (χ1v) is 6.20. The molecule has 0 spiro atoms. The molecular weight excluding hydrogens is 266 g/mol. The van der Waals surface area contributed by atoms with Crippen molar-refractivity contribution in [2.24, 2.45) is 0 Å². The van der Waals surface area contributed by atoms with Crippen molar-refractivity contribution >= 4 is 5.82 Å². The Hall–Kier alpha value is -1.48. The van der Waals surface area contributed by atoms with Crippen LogP contribution >= 0.6 is 0 Å². The van der Waals surface area contributed by atoms with Gasteiger partial charge in [0.15, 0.2) is 6.23 Å². The fourth-order valence-electron chi connectivity index (χ4n) is 2.38. The second-order valence-corrected chi connectivity index (χ2v) is 4.65. The van der Waals surface area contributed by atoms with Crippen LogP contribution in [0, 0.1) is 6.92 Å². The third-order valence-corrected chi connectivity index (χ3v) is 3.46. The Bertz CT molecular complexity index is 532. The van der Waals surface area contributed by atoms with Crippen LogP contribution in [0.25, 0.3) is 0 Å². The van der Waals surface area contributed by atoms with Crippen LogP contribution in [0.3, 0.4) is 0 Å². The van der Waals surface area contributed by atoms with E-state index in [-0.39, 0.29) is 12.4 Å². The molecule has 1 aliphatic rings. The molecule has 8 nitrogen and oxygen atoms in total. The number of nitrogen functional groups attached to an aromatic ring is 1. The topological polar surface area (TPSA) is 109 Å². The number of anilines is 1. The molecule has 4 unspecified atom stereocenters. The molecule has 4 atom stereocenters. The average Bonchev–Trinajstić information content (AvgIpc) is 2.80. The second kappa shape index (κ2) is 5.88. The molecule has 1 aliphatic heterocycles. The summed E-state index contributed by atoms with van der Waals surface area (Å²) in [4.78, 5) is 15.7. The Kier molecular flexibility index (Phi) is 4.39. The molecule has 2 rings (SSSR count). The van der Waals surface area contributed by atoms with Crippen LogP contribution in [0.1, 0.15) is 11.8 Å². The maximum Gasteiger partial charge on any atom is 0.351 e. The zero-order valence-electron chi connectivity index (χ0n) is 11.6. The lowest BCUT2D eigenvalue weighted by molar-refractivity contribution is -0.0625. The van der Waals surface area contributed by atoms with E-state index in [0.717, 1.165) is 0 Å². The minimum absolute atomic E-state index is 0.181. The smallest absolute Gasteiger partial charge is 0.351 e. The minimum atomic E-state index is -0.721. The number of hydrogen-bond donors (Lipinski definition) is 2. The quantitative estimate of drug-likeness (QED) is 0.734. The van der Waals surface area contributed by atoms with Gasteiger partial charge in [0.25, 0.3) is 0 Å². The summed E-state index contributed by atoms with van der Waals surface area (Å²) < 4.78 is 17.6. The molecule has 1 saturated heterocycles. The summed E-state index contributed by atoms with van der Waals surface area (Å²) in [6, 6.07) is 0. The number of aromatic nitrogens is 2. The maximum atomic E-state index is 12.0. The van der Waals surface area contributed by atoms with Crippen LogP contribution in [0.15, 0.2) is 11.0 Å². The molecule has 0 aliphatic carbocycles. The number of ether oxygens (including phenoxy) is 3. The van der Waals surface area contributed by atoms with Gasteiger partial charge in [-0.1, -0.05) is 0 Å². The van der Waals surface area contributed by atoms with Crippen molar-refractivity contribution in [1.29, 1.82) is 0 Å². The molecule has 112 valence electrons. The van der Waals surface area contributed by atoms with Gasteiger partial charge in [0.1, 0.15) is 24.1 Å². The molecule has 0 bridgehead atoms. The molecular formula is C12H19N3O5. The van der Waals surface area contributed by atoms with Crippen molar-refractivity contribution in [2.45, 2.75) is 31.5 Å². The van der Waals surface area contributed by atoms with E-state index in [2.05, 4.69) is 4.98 Å². The first kappa shape index (κ1) is 14.9. The lowest BCUT2D eigenvalue weighted by Crippen LogP contribution is -2.38. The molecule has 2 heterocycles. The number of nitrogens with zero attached hydrogens (tertiary/aromatic N) is 2. The Morgan fingerprint density at radius 2 is 2.10 bits per heavy atom. The Morgan fingerprint density at radius 3 is 2.65 bits per heavy atom. The van der Waals surface area contributed by atoms with Gasteiger partial charge in [-0.3, -0.25) is 4.57 Å². The van der Waals surface area contributed by atoms with Gasteiger partial charge in [-0.15, -0.1) is 0 Å². The van der Waals surface area contributed by atoms with E-state index in [1.54, 1.807) is 13.1 Å². The lowest BCUT2D eigenvalue weighted by atomic mass is 10.1. The largest absolute Gasteiger partial charge is 0.394 e. The van der Waals surface area contributed by atoms with E-state index in [9.17, 15) is 9.90 Å². The average molecular weight is 285 g/mol. The Morgan fingerprint density at radius 1 is 1.45 bits per heavy atom. The number of methoxy groups -OCH3 is 2. The number of rotatable bonds is 4. The number of aryl methyl sites for hydroxylation is 1. The number of aliphatic hydroxyl groups excluding tert-OH is 1. The monoisotopic (exact) mass is 285 g/mol. The Labute approximate surface area is 116 Å². The summed E-state index contributed by atoms with van der Waals surface area (Å²) in [7, 11) is 3.00. The molecule has 0 saturated carbocycles. The highest BCUT2D eigenvalue weighted by molar-refractivity contribution is 5.35. The highest BCUT2D eigenvalue weighted by Gasteiger charge is 2.46. The van der Waals surface area contributed by atoms with Crippen LogP contribution in [0.5, 0.6) is 0 Å². The van der Waals surface area contributed by atoms with Gasteiger partial charge in [0, 0.05) is 26.0 Å². The molecule has 1 fully saturated rings. The van der Waals surface area contributed by atoms with Crippen LogP contribution < -0.4 is 11.4 Å². The molecule has 3 N–H and O–H groups in total. The lowest BCUT2D eigenvalue weighted by Gasteiger charge is -2.22. The summed E-state index contributed by atoms with van der Waals surface area (Å²) in [6.07, 6.45) is -0.728. The predicted molar refractivity (Wildman–Crippen MR) is 70.2 cm³/mol. The van der Waals surface area contributed by atoms with Crippen molar-refractivity contribution in [3.05, 3.63) is 22.2 Å². The van der Waals surface area contributed by atoms with Gasteiger partial charge in [-0.05, 0) is 6.92 Å². The molecule has 8 heteroatoms. The summed E-state index contributed by atoms with van der Waals surface area (Å²) in [5.74, 6) is 0.181. The molecule has 0 radical (unpaired) electrons. The van der Waals surface area contributed by atoms with Gasteiger partial charge in [0.05, 0.1) is 6.61 Å². The van der Waals surface area contributed by atoms with Crippen LogP contribution in [-0.4, -0.2) is 53.8 Å². The van der Waals surface area contributed by atoms with Crippen LogP contribution in [-0.2, 0) is 14.2 Å². The fraction of sp³-hybridized carbons (Fsp3) is 0.667. The van der Waals surface area contributed by atoms with Gasteiger partial charge in [-0.25, -0.2) is 4.79 Å². The highest BCUT2D eigenvalue weighted by Crippen LogP contribution is 2.32. The first-order valence-electron chi connectivity index (χ1n) is 6.20. The van der Waals surface area contributed by atoms with E-state index in [1.807, 2.05) is 0 Å². The van der Waals surface area contributed by atoms with Crippen molar-refractivity contribution in [2.75, 3.05) is 26.6 Å². The van der Waals surface area contributed by atoms with Gasteiger partial charge in [0.2, 0.25) is 0 Å². The predicted octanol–water partition coefficient (Wildman–Crippen LogP) is -0.946. The van der Waals surface area contributed by atoms with E-state index >= 15 is 0 Å². The van der Waals surface area contributed by atoms with Crippen LogP contribution in [0.2, 0.25) is 0 Å². The summed E-state index contributed by atoms with van der Waals surface area (Å²) in [5, 5.41) is 9.33. The molecule has 20 heavy (non-hydrogen) atoms.